The predicted molar refractivity (Wildman–Crippen MR) is 121 cm³/mol. The zero-order chi connectivity index (χ0) is 21.9. The molecule has 3 aromatic carbocycles. The number of carbonyl (C=O) groups excluding carboxylic acids is 2. The first-order valence-electron chi connectivity index (χ1n) is 10.8. The number of hydrogen-bond donors (Lipinski definition) is 0. The number of β-lactam (4-membered cyclic amide) rings is 1. The van der Waals surface area contributed by atoms with E-state index in [9.17, 15) is 9.59 Å². The fraction of sp³-hybridized carbons (Fsp3) is 0.185. The van der Waals surface area contributed by atoms with Gasteiger partial charge in [-0.2, -0.15) is 0 Å². The molecule has 0 radical (unpaired) electrons. The average Bonchev–Trinajstić information content (AvgIpc) is 3.10. The second-order valence-corrected chi connectivity index (χ2v) is 8.69. The first-order chi connectivity index (χ1) is 15.6. The summed E-state index contributed by atoms with van der Waals surface area (Å²) in [6.07, 6.45) is 2.98. The Bertz CT molecular complexity index is 1190. The van der Waals surface area contributed by atoms with E-state index >= 15 is 0 Å². The Morgan fingerprint density at radius 1 is 0.781 bits per heavy atom. The van der Waals surface area contributed by atoms with Gasteiger partial charge in [-0.15, -0.1) is 0 Å². The van der Waals surface area contributed by atoms with Crippen molar-refractivity contribution < 1.29 is 14.3 Å². The molecule has 2 fully saturated rings. The van der Waals surface area contributed by atoms with Crippen LogP contribution in [0.5, 0.6) is 0 Å². The maximum absolute atomic E-state index is 14.2. The van der Waals surface area contributed by atoms with Crippen molar-refractivity contribution in [2.75, 3.05) is 4.90 Å². The molecular weight excluding hydrogens is 400 g/mol. The van der Waals surface area contributed by atoms with Crippen LogP contribution in [0.25, 0.3) is 0 Å². The topological polar surface area (TPSA) is 49.9 Å². The summed E-state index contributed by atoms with van der Waals surface area (Å²) in [6.45, 7) is 1.86. The van der Waals surface area contributed by atoms with Gasteiger partial charge >= 0.3 is 6.09 Å². The van der Waals surface area contributed by atoms with Crippen molar-refractivity contribution >= 4 is 17.7 Å². The van der Waals surface area contributed by atoms with E-state index in [1.165, 1.54) is 0 Å². The van der Waals surface area contributed by atoms with Crippen LogP contribution in [-0.4, -0.2) is 34.7 Å². The van der Waals surface area contributed by atoms with Crippen molar-refractivity contribution in [3.05, 3.63) is 114 Å². The summed E-state index contributed by atoms with van der Waals surface area (Å²) < 4.78 is 5.81. The first kappa shape index (κ1) is 18.9. The van der Waals surface area contributed by atoms with E-state index in [0.29, 0.717) is 5.69 Å². The molecule has 3 heterocycles. The van der Waals surface area contributed by atoms with Crippen molar-refractivity contribution in [1.82, 2.24) is 4.90 Å². The fourth-order valence-corrected chi connectivity index (χ4v) is 5.54. The zero-order valence-electron chi connectivity index (χ0n) is 17.6. The summed E-state index contributed by atoms with van der Waals surface area (Å²) in [5, 5.41) is 0. The third-order valence-electron chi connectivity index (χ3n) is 6.94. The van der Waals surface area contributed by atoms with Gasteiger partial charge in [0, 0.05) is 5.69 Å². The lowest BCUT2D eigenvalue weighted by atomic mass is 9.59. The molecule has 5 nitrogen and oxygen atoms in total. The highest BCUT2D eigenvalue weighted by molar-refractivity contribution is 6.03. The minimum atomic E-state index is -0.918. The van der Waals surface area contributed by atoms with E-state index in [1.54, 1.807) is 4.90 Å². The van der Waals surface area contributed by atoms with Crippen LogP contribution in [0.3, 0.4) is 0 Å². The smallest absolute Gasteiger partial charge is 0.417 e. The molecule has 0 saturated carbocycles. The maximum Gasteiger partial charge on any atom is 0.417 e. The summed E-state index contributed by atoms with van der Waals surface area (Å²) in [4.78, 5) is 30.6. The van der Waals surface area contributed by atoms with Crippen molar-refractivity contribution in [2.45, 2.75) is 30.1 Å². The molecule has 3 aromatic rings. The highest BCUT2D eigenvalue weighted by Gasteiger charge is 2.70. The van der Waals surface area contributed by atoms with E-state index in [2.05, 4.69) is 0 Å². The van der Waals surface area contributed by atoms with Gasteiger partial charge in [-0.05, 0) is 36.3 Å². The van der Waals surface area contributed by atoms with E-state index in [-0.39, 0.29) is 11.9 Å². The second kappa shape index (κ2) is 6.57. The number of anilines is 1. The minimum Gasteiger partial charge on any atom is -0.434 e. The quantitative estimate of drug-likeness (QED) is 0.461. The lowest BCUT2D eigenvalue weighted by Crippen LogP contribution is -2.79. The molecule has 0 unspecified atom stereocenters. The lowest BCUT2D eigenvalue weighted by molar-refractivity contribution is -0.164. The zero-order valence-corrected chi connectivity index (χ0v) is 17.6. The van der Waals surface area contributed by atoms with Gasteiger partial charge in [-0.25, -0.2) is 4.79 Å². The van der Waals surface area contributed by atoms with Crippen LogP contribution in [0, 0.1) is 0 Å². The molecule has 3 aliphatic heterocycles. The molecular formula is C27H22N2O3. The van der Waals surface area contributed by atoms with Crippen LogP contribution in [0.1, 0.15) is 18.1 Å². The number of hydrogen-bond acceptors (Lipinski definition) is 3. The molecule has 5 heteroatoms. The number of amides is 2. The highest BCUT2D eigenvalue weighted by Crippen LogP contribution is 2.54. The third-order valence-corrected chi connectivity index (χ3v) is 6.94. The van der Waals surface area contributed by atoms with E-state index in [0.717, 1.165) is 11.1 Å². The Hall–Kier alpha value is -3.86. The van der Waals surface area contributed by atoms with Gasteiger partial charge in [0.1, 0.15) is 5.41 Å². The van der Waals surface area contributed by atoms with Crippen LogP contribution in [0.2, 0.25) is 0 Å². The van der Waals surface area contributed by atoms with Gasteiger partial charge in [0.05, 0.1) is 6.04 Å². The summed E-state index contributed by atoms with van der Waals surface area (Å²) >= 11 is 0. The van der Waals surface area contributed by atoms with Gasteiger partial charge in [0.15, 0.2) is 11.8 Å². The fourth-order valence-electron chi connectivity index (χ4n) is 5.54. The largest absolute Gasteiger partial charge is 0.434 e. The Morgan fingerprint density at radius 3 is 1.88 bits per heavy atom. The van der Waals surface area contributed by atoms with Gasteiger partial charge in [-0.3, -0.25) is 9.69 Å². The molecule has 2 amide bonds. The van der Waals surface area contributed by atoms with Gasteiger partial charge in [-0.1, -0.05) is 84.9 Å². The molecule has 0 aromatic heterocycles. The van der Waals surface area contributed by atoms with Crippen molar-refractivity contribution in [2.24, 2.45) is 0 Å². The summed E-state index contributed by atoms with van der Waals surface area (Å²) in [6, 6.07) is 29.0. The monoisotopic (exact) mass is 422 g/mol. The highest BCUT2D eigenvalue weighted by atomic mass is 16.6. The summed E-state index contributed by atoms with van der Waals surface area (Å²) in [5.74, 6) is -0.0280. The van der Waals surface area contributed by atoms with E-state index < -0.39 is 23.3 Å². The van der Waals surface area contributed by atoms with Gasteiger partial charge < -0.3 is 9.64 Å². The number of ether oxygens (including phenoxy) is 1. The predicted octanol–water partition coefficient (Wildman–Crippen LogP) is 4.49. The Morgan fingerprint density at radius 2 is 1.31 bits per heavy atom. The van der Waals surface area contributed by atoms with E-state index in [4.69, 9.17) is 4.74 Å². The lowest BCUT2D eigenvalue weighted by Gasteiger charge is -2.61. The molecule has 0 spiro atoms. The Kier molecular flexibility index (Phi) is 3.87. The van der Waals surface area contributed by atoms with E-state index in [1.807, 2.05) is 115 Å². The standard InChI is InChI=1S/C27H22N2O3/c1-26-18-17-22-27(19-11-5-2-6-12-19,20-13-7-3-8-14-20)24(30)29(22)23(26)28(25(31)32-26)21-15-9-4-10-16-21/h2-18,22-23H,1H3/t22-,23-,26+/m1/s1. The van der Waals surface area contributed by atoms with Crippen LogP contribution < -0.4 is 4.90 Å². The van der Waals surface area contributed by atoms with Gasteiger partial charge in [0.25, 0.3) is 0 Å². The molecule has 0 aliphatic carbocycles. The molecule has 6 rings (SSSR count). The van der Waals surface area contributed by atoms with Crippen molar-refractivity contribution in [3.63, 3.8) is 0 Å². The number of para-hydroxylation sites is 1. The Labute approximate surface area is 186 Å². The molecule has 0 N–H and O–H groups in total. The second-order valence-electron chi connectivity index (χ2n) is 8.69. The van der Waals surface area contributed by atoms with Crippen LogP contribution in [0.4, 0.5) is 10.5 Å². The van der Waals surface area contributed by atoms with Crippen molar-refractivity contribution in [3.8, 4) is 0 Å². The molecule has 2 saturated heterocycles. The number of fused-ring (bicyclic) bond motifs is 3. The number of nitrogens with zero attached hydrogens (tertiary/aromatic N) is 2. The van der Waals surface area contributed by atoms with Crippen LogP contribution >= 0.6 is 0 Å². The normalized spacial score (nSPS) is 27.4. The average molecular weight is 422 g/mol. The molecule has 3 aliphatic rings. The molecule has 158 valence electrons. The van der Waals surface area contributed by atoms with Gasteiger partial charge in [0.2, 0.25) is 5.91 Å². The maximum atomic E-state index is 14.2. The minimum absolute atomic E-state index is 0.0280. The summed E-state index contributed by atoms with van der Waals surface area (Å²) in [5.41, 5.74) is 0.849. The number of benzene rings is 3. The molecule has 3 atom stereocenters. The Balaban J connectivity index is 1.52. The number of rotatable bonds is 3. The molecule has 0 bridgehead atoms. The van der Waals surface area contributed by atoms with Crippen LogP contribution in [-0.2, 0) is 14.9 Å². The van der Waals surface area contributed by atoms with Crippen molar-refractivity contribution in [1.29, 1.82) is 0 Å². The van der Waals surface area contributed by atoms with Crippen LogP contribution in [0.15, 0.2) is 103 Å². The first-order valence-corrected chi connectivity index (χ1v) is 10.8. The summed E-state index contributed by atoms with van der Waals surface area (Å²) in [7, 11) is 0. The molecule has 32 heavy (non-hydrogen) atoms. The third kappa shape index (κ3) is 2.28. The SMILES string of the molecule is C[C@]12C=C[C@H]3N(C(=O)C3(c3ccccc3)c3ccccc3)[C@H]1N(c1ccccc1)C(=O)O2. The number of carbonyl (C=O) groups is 2.